The van der Waals surface area contributed by atoms with Gasteiger partial charge in [0.05, 0.1) is 6.54 Å². The van der Waals surface area contributed by atoms with Gasteiger partial charge in [-0.05, 0) is 12.8 Å². The molecule has 3 rings (SSSR count). The van der Waals surface area contributed by atoms with Gasteiger partial charge in [-0.1, -0.05) is 0 Å². The molecule has 0 aromatic carbocycles. The average Bonchev–Trinajstić information content (AvgIpc) is 2.85. The van der Waals surface area contributed by atoms with Crippen LogP contribution in [0.3, 0.4) is 0 Å². The lowest BCUT2D eigenvalue weighted by molar-refractivity contribution is -0.117. The number of carbonyl (C=O) groups is 2. The van der Waals surface area contributed by atoms with Crippen molar-refractivity contribution in [3.05, 3.63) is 11.8 Å². The highest BCUT2D eigenvalue weighted by atomic mass is 16.5. The van der Waals surface area contributed by atoms with E-state index in [0.717, 1.165) is 12.8 Å². The molecule has 1 fully saturated rings. The summed E-state index contributed by atoms with van der Waals surface area (Å²) in [5.41, 5.74) is -0.321. The van der Waals surface area contributed by atoms with Gasteiger partial charge in [0.1, 0.15) is 5.60 Å². The summed E-state index contributed by atoms with van der Waals surface area (Å²) in [5, 5.41) is 8.85. The second-order valence-electron chi connectivity index (χ2n) is 4.48. The van der Waals surface area contributed by atoms with Gasteiger partial charge < -0.3 is 14.3 Å². The maximum Gasteiger partial charge on any atom is 0.372 e. The van der Waals surface area contributed by atoms with Crippen molar-refractivity contribution in [3.8, 4) is 5.75 Å². The molecule has 0 unspecified atom stereocenters. The highest BCUT2D eigenvalue weighted by Crippen LogP contribution is 2.49. The molecule has 1 saturated carbocycles. The maximum absolute atomic E-state index is 11.5. The van der Waals surface area contributed by atoms with E-state index in [4.69, 9.17) is 14.3 Å². The summed E-state index contributed by atoms with van der Waals surface area (Å²) in [4.78, 5) is 23.8. The Bertz CT molecular complexity index is 514. The molecule has 1 N–H and O–H groups in total. The maximum atomic E-state index is 11.5. The van der Waals surface area contributed by atoms with Crippen molar-refractivity contribution >= 4 is 17.8 Å². The van der Waals surface area contributed by atoms with Crippen LogP contribution < -0.4 is 9.64 Å². The summed E-state index contributed by atoms with van der Waals surface area (Å²) in [5.74, 6) is -1.00. The number of furan rings is 1. The lowest BCUT2D eigenvalue weighted by atomic mass is 10.2. The van der Waals surface area contributed by atoms with Crippen molar-refractivity contribution in [3.63, 3.8) is 0 Å². The van der Waals surface area contributed by atoms with Crippen LogP contribution in [-0.4, -0.2) is 29.1 Å². The van der Waals surface area contributed by atoms with Crippen molar-refractivity contribution in [2.24, 2.45) is 0 Å². The predicted octanol–water partition coefficient (Wildman–Crippen LogP) is 1.26. The normalized spacial score (nSPS) is 19.7. The Hall–Kier alpha value is -1.98. The van der Waals surface area contributed by atoms with Crippen molar-refractivity contribution in [1.29, 1.82) is 0 Å². The number of nitrogens with zero attached hydrogens (tertiary/aromatic N) is 1. The SMILES string of the molecule is CC(=O)N1CC2(CC2)Oc2cc(C(=O)O)oc21. The van der Waals surface area contributed by atoms with Crippen molar-refractivity contribution in [2.45, 2.75) is 25.4 Å². The van der Waals surface area contributed by atoms with Gasteiger partial charge >= 0.3 is 5.97 Å². The molecule has 1 aliphatic heterocycles. The molecule has 1 aromatic heterocycles. The lowest BCUT2D eigenvalue weighted by Crippen LogP contribution is -2.43. The molecule has 1 spiro atoms. The molecular weight excluding hydrogens is 226 g/mol. The summed E-state index contributed by atoms with van der Waals surface area (Å²) in [6.45, 7) is 1.86. The standard InChI is InChI=1S/C11H11NO5/c1-6(13)12-5-11(2-3-11)17-7-4-8(10(14)15)16-9(7)12/h4H,2-3,5H2,1H3,(H,14,15). The van der Waals surface area contributed by atoms with E-state index in [2.05, 4.69) is 0 Å². The van der Waals surface area contributed by atoms with Crippen LogP contribution in [0.15, 0.2) is 10.5 Å². The van der Waals surface area contributed by atoms with Crippen LogP contribution in [0.1, 0.15) is 30.3 Å². The summed E-state index contributed by atoms with van der Waals surface area (Å²) in [6.07, 6.45) is 1.76. The molecule has 1 aromatic rings. The molecule has 0 atom stereocenters. The zero-order chi connectivity index (χ0) is 12.2. The monoisotopic (exact) mass is 237 g/mol. The number of hydrogen-bond acceptors (Lipinski definition) is 4. The van der Waals surface area contributed by atoms with Gasteiger partial charge in [-0.15, -0.1) is 0 Å². The molecule has 6 nitrogen and oxygen atoms in total. The van der Waals surface area contributed by atoms with E-state index in [-0.39, 0.29) is 23.2 Å². The molecule has 1 aliphatic carbocycles. The van der Waals surface area contributed by atoms with Gasteiger partial charge in [-0.2, -0.15) is 0 Å². The van der Waals surface area contributed by atoms with Gasteiger partial charge in [0.2, 0.25) is 17.6 Å². The Kier molecular flexibility index (Phi) is 1.81. The Balaban J connectivity index is 2.05. The van der Waals surface area contributed by atoms with Gasteiger partial charge in [0.25, 0.3) is 0 Å². The zero-order valence-electron chi connectivity index (χ0n) is 9.23. The highest BCUT2D eigenvalue weighted by Gasteiger charge is 2.52. The summed E-state index contributed by atoms with van der Waals surface area (Å²) >= 11 is 0. The quantitative estimate of drug-likeness (QED) is 0.795. The van der Waals surface area contributed by atoms with Crippen LogP contribution in [0.25, 0.3) is 0 Å². The number of amides is 1. The molecule has 0 bridgehead atoms. The third kappa shape index (κ3) is 1.48. The lowest BCUT2D eigenvalue weighted by Gasteiger charge is -2.31. The Labute approximate surface area is 96.8 Å². The fourth-order valence-electron chi connectivity index (χ4n) is 2.01. The second kappa shape index (κ2) is 3.03. The number of carbonyl (C=O) groups excluding carboxylic acids is 1. The van der Waals surface area contributed by atoms with E-state index < -0.39 is 5.97 Å². The van der Waals surface area contributed by atoms with Crippen LogP contribution in [0.2, 0.25) is 0 Å². The molecule has 17 heavy (non-hydrogen) atoms. The molecule has 2 aliphatic rings. The van der Waals surface area contributed by atoms with E-state index in [1.54, 1.807) is 0 Å². The summed E-state index contributed by atoms with van der Waals surface area (Å²) < 4.78 is 10.8. The molecule has 1 amide bonds. The minimum atomic E-state index is -1.17. The van der Waals surface area contributed by atoms with Crippen LogP contribution in [0, 0.1) is 0 Å². The van der Waals surface area contributed by atoms with E-state index in [9.17, 15) is 9.59 Å². The minimum Gasteiger partial charge on any atom is -0.480 e. The first-order chi connectivity index (χ1) is 8.01. The largest absolute Gasteiger partial charge is 0.480 e. The molecular formula is C11H11NO5. The van der Waals surface area contributed by atoms with Crippen LogP contribution in [0.5, 0.6) is 5.75 Å². The zero-order valence-corrected chi connectivity index (χ0v) is 9.23. The first-order valence-electron chi connectivity index (χ1n) is 5.35. The third-order valence-electron chi connectivity index (χ3n) is 3.10. The van der Waals surface area contributed by atoms with Crippen LogP contribution >= 0.6 is 0 Å². The smallest absolute Gasteiger partial charge is 0.372 e. The Morgan fingerprint density at radius 3 is 2.71 bits per heavy atom. The fraction of sp³-hybridized carbons (Fsp3) is 0.455. The second-order valence-corrected chi connectivity index (χ2v) is 4.48. The summed E-state index contributed by atoms with van der Waals surface area (Å²) in [7, 11) is 0. The fourth-order valence-corrected chi connectivity index (χ4v) is 2.01. The molecule has 6 heteroatoms. The first-order valence-corrected chi connectivity index (χ1v) is 5.35. The number of fused-ring (bicyclic) bond motifs is 1. The van der Waals surface area contributed by atoms with Crippen molar-refractivity contribution in [2.75, 3.05) is 11.4 Å². The number of anilines is 1. The van der Waals surface area contributed by atoms with E-state index in [0.29, 0.717) is 12.3 Å². The van der Waals surface area contributed by atoms with Crippen LogP contribution in [0.4, 0.5) is 5.88 Å². The Morgan fingerprint density at radius 1 is 1.47 bits per heavy atom. The van der Waals surface area contributed by atoms with Crippen LogP contribution in [-0.2, 0) is 4.79 Å². The van der Waals surface area contributed by atoms with Gasteiger partial charge in [-0.25, -0.2) is 4.79 Å². The number of carboxylic acid groups (broad SMARTS) is 1. The topological polar surface area (TPSA) is 80.0 Å². The van der Waals surface area contributed by atoms with E-state index in [1.165, 1.54) is 17.9 Å². The average molecular weight is 237 g/mol. The highest BCUT2D eigenvalue weighted by molar-refractivity contribution is 5.94. The van der Waals surface area contributed by atoms with E-state index in [1.807, 2.05) is 0 Å². The molecule has 90 valence electrons. The van der Waals surface area contributed by atoms with Gasteiger partial charge in [0, 0.05) is 13.0 Å². The van der Waals surface area contributed by atoms with E-state index >= 15 is 0 Å². The summed E-state index contributed by atoms with van der Waals surface area (Å²) in [6, 6.07) is 1.33. The predicted molar refractivity (Wildman–Crippen MR) is 56.3 cm³/mol. The van der Waals surface area contributed by atoms with Crippen molar-refractivity contribution < 1.29 is 23.8 Å². The van der Waals surface area contributed by atoms with Gasteiger partial charge in [-0.3, -0.25) is 9.69 Å². The molecule has 0 radical (unpaired) electrons. The number of ether oxygens (including phenoxy) is 1. The van der Waals surface area contributed by atoms with Gasteiger partial charge in [0.15, 0.2) is 5.75 Å². The number of aromatic carboxylic acids is 1. The third-order valence-corrected chi connectivity index (χ3v) is 3.10. The molecule has 2 heterocycles. The number of rotatable bonds is 1. The minimum absolute atomic E-state index is 0.174. The number of hydrogen-bond donors (Lipinski definition) is 1. The molecule has 0 saturated heterocycles. The Morgan fingerprint density at radius 2 is 2.18 bits per heavy atom. The number of carboxylic acids is 1. The first kappa shape index (κ1) is 10.2. The van der Waals surface area contributed by atoms with Crippen molar-refractivity contribution in [1.82, 2.24) is 0 Å².